The highest BCUT2D eigenvalue weighted by atomic mass is 35.6. The third kappa shape index (κ3) is 6.85. The van der Waals surface area contributed by atoms with E-state index in [9.17, 15) is 0 Å². The van der Waals surface area contributed by atoms with E-state index in [0.717, 1.165) is 22.4 Å². The van der Waals surface area contributed by atoms with Crippen LogP contribution in [0.3, 0.4) is 0 Å². The largest absolute Gasteiger partial charge is 0.481 e. The van der Waals surface area contributed by atoms with Gasteiger partial charge in [-0.25, -0.2) is 4.99 Å². The molecule has 0 spiro atoms. The van der Waals surface area contributed by atoms with Crippen molar-refractivity contribution in [2.24, 2.45) is 4.99 Å². The zero-order valence-corrected chi connectivity index (χ0v) is 18.2. The normalized spacial score (nSPS) is 13.0. The highest BCUT2D eigenvalue weighted by molar-refractivity contribution is 7.80. The Balaban J connectivity index is 2.19. The molecule has 0 radical (unpaired) electrons. The standard InChI is InChI=1S/C19H20Cl3N3OS/c1-12-4-8-14(9-5-12)16(26-3)24-17(19(20,21)22)25-18(27)23-15-10-6-13(2)7-11-15/h4-11,17H,1-3H3,(H2,23,25,27)/b24-16-. The third-order valence-corrected chi connectivity index (χ3v) is 4.47. The number of halogens is 3. The number of nitrogens with zero attached hydrogens (tertiary/aromatic N) is 1. The molecule has 2 N–H and O–H groups in total. The lowest BCUT2D eigenvalue weighted by Crippen LogP contribution is -2.45. The second-order valence-electron chi connectivity index (χ2n) is 5.91. The number of thiocarbonyl (C=S) groups is 1. The number of rotatable bonds is 4. The van der Waals surface area contributed by atoms with Gasteiger partial charge in [-0.1, -0.05) is 70.2 Å². The van der Waals surface area contributed by atoms with Gasteiger partial charge in [-0.3, -0.25) is 0 Å². The molecule has 0 amide bonds. The van der Waals surface area contributed by atoms with Gasteiger partial charge in [0.05, 0.1) is 7.11 Å². The summed E-state index contributed by atoms with van der Waals surface area (Å²) < 4.78 is 3.64. The molecule has 0 aliphatic rings. The van der Waals surface area contributed by atoms with Crippen LogP contribution >= 0.6 is 47.0 Å². The average molecular weight is 445 g/mol. The Morgan fingerprint density at radius 2 is 1.52 bits per heavy atom. The molecule has 0 aliphatic carbocycles. The van der Waals surface area contributed by atoms with Crippen molar-refractivity contribution >= 4 is 63.7 Å². The van der Waals surface area contributed by atoms with Gasteiger partial charge in [0.15, 0.2) is 11.3 Å². The summed E-state index contributed by atoms with van der Waals surface area (Å²) in [5.41, 5.74) is 3.84. The van der Waals surface area contributed by atoms with E-state index < -0.39 is 9.96 Å². The number of ether oxygens (including phenoxy) is 1. The minimum Gasteiger partial charge on any atom is -0.481 e. The Morgan fingerprint density at radius 3 is 2.00 bits per heavy atom. The molecular formula is C19H20Cl3N3OS. The Labute approximate surface area is 179 Å². The zero-order chi connectivity index (χ0) is 20.0. The summed E-state index contributed by atoms with van der Waals surface area (Å²) in [5.74, 6) is 0.331. The highest BCUT2D eigenvalue weighted by Crippen LogP contribution is 2.31. The minimum atomic E-state index is -1.74. The number of hydrogen-bond donors (Lipinski definition) is 2. The maximum atomic E-state index is 6.10. The van der Waals surface area contributed by atoms with Crippen molar-refractivity contribution in [3.63, 3.8) is 0 Å². The molecule has 0 fully saturated rings. The summed E-state index contributed by atoms with van der Waals surface area (Å²) >= 11 is 23.6. The van der Waals surface area contributed by atoms with Gasteiger partial charge in [0, 0.05) is 11.3 Å². The van der Waals surface area contributed by atoms with Crippen LogP contribution < -0.4 is 10.6 Å². The molecule has 2 aromatic carbocycles. The quantitative estimate of drug-likeness (QED) is 0.288. The fourth-order valence-corrected chi connectivity index (χ4v) is 2.71. The van der Waals surface area contributed by atoms with Crippen molar-refractivity contribution in [1.29, 1.82) is 0 Å². The second kappa shape index (κ2) is 9.60. The van der Waals surface area contributed by atoms with E-state index in [1.807, 2.05) is 62.4 Å². The van der Waals surface area contributed by atoms with Gasteiger partial charge in [0.2, 0.25) is 9.69 Å². The first kappa shape index (κ1) is 21.8. The molecule has 2 aromatic rings. The number of aliphatic imine (C=N–C) groups is 1. The summed E-state index contributed by atoms with van der Waals surface area (Å²) in [6, 6.07) is 15.4. The molecule has 1 unspecified atom stereocenters. The summed E-state index contributed by atoms with van der Waals surface area (Å²) in [6.07, 6.45) is -0.954. The van der Waals surface area contributed by atoms with Crippen LogP contribution in [0.15, 0.2) is 53.5 Å². The van der Waals surface area contributed by atoms with Crippen LogP contribution in [0, 0.1) is 13.8 Å². The molecule has 0 aliphatic heterocycles. The average Bonchev–Trinajstić information content (AvgIpc) is 2.60. The Hall–Kier alpha value is -1.53. The lowest BCUT2D eigenvalue weighted by molar-refractivity contribution is 0.397. The van der Waals surface area contributed by atoms with Crippen molar-refractivity contribution < 1.29 is 4.74 Å². The number of alkyl halides is 3. The molecule has 2 rings (SSSR count). The monoisotopic (exact) mass is 443 g/mol. The molecule has 4 nitrogen and oxygen atoms in total. The first-order valence-corrected chi connectivity index (χ1v) is 9.63. The lowest BCUT2D eigenvalue weighted by atomic mass is 10.1. The summed E-state index contributed by atoms with van der Waals surface area (Å²) in [4.78, 5) is 4.42. The SMILES string of the molecule is CO/C(=N\C(NC(=S)Nc1ccc(C)cc1)C(Cl)(Cl)Cl)c1ccc(C)cc1. The van der Waals surface area contributed by atoms with Gasteiger partial charge >= 0.3 is 0 Å². The highest BCUT2D eigenvalue weighted by Gasteiger charge is 2.34. The molecule has 0 aromatic heterocycles. The molecule has 0 saturated carbocycles. The van der Waals surface area contributed by atoms with Gasteiger partial charge in [-0.15, -0.1) is 0 Å². The number of methoxy groups -OCH3 is 1. The molecule has 0 saturated heterocycles. The van der Waals surface area contributed by atoms with E-state index in [1.165, 1.54) is 7.11 Å². The van der Waals surface area contributed by atoms with E-state index >= 15 is 0 Å². The lowest BCUT2D eigenvalue weighted by Gasteiger charge is -2.24. The molecule has 144 valence electrons. The predicted molar refractivity (Wildman–Crippen MR) is 119 cm³/mol. The van der Waals surface area contributed by atoms with Crippen molar-refractivity contribution in [3.8, 4) is 0 Å². The van der Waals surface area contributed by atoms with Crippen molar-refractivity contribution in [2.75, 3.05) is 12.4 Å². The number of benzene rings is 2. The fourth-order valence-electron chi connectivity index (χ4n) is 2.17. The minimum absolute atomic E-state index is 0.276. The molecule has 27 heavy (non-hydrogen) atoms. The Morgan fingerprint density at radius 1 is 1.00 bits per heavy atom. The number of nitrogens with one attached hydrogen (secondary N) is 2. The van der Waals surface area contributed by atoms with Gasteiger partial charge < -0.3 is 15.4 Å². The summed E-state index contributed by atoms with van der Waals surface area (Å²) in [7, 11) is 1.51. The van der Waals surface area contributed by atoms with Crippen LogP contribution in [0.25, 0.3) is 0 Å². The van der Waals surface area contributed by atoms with Gasteiger partial charge in [-0.2, -0.15) is 0 Å². The van der Waals surface area contributed by atoms with E-state index in [1.54, 1.807) is 0 Å². The third-order valence-electron chi connectivity index (χ3n) is 3.63. The van der Waals surface area contributed by atoms with E-state index in [-0.39, 0.29) is 5.11 Å². The van der Waals surface area contributed by atoms with Crippen LogP contribution in [0.4, 0.5) is 5.69 Å². The number of hydrogen-bond acceptors (Lipinski definition) is 3. The smallest absolute Gasteiger partial charge is 0.230 e. The first-order chi connectivity index (χ1) is 12.7. The second-order valence-corrected chi connectivity index (χ2v) is 8.69. The van der Waals surface area contributed by atoms with E-state index in [2.05, 4.69) is 15.6 Å². The van der Waals surface area contributed by atoms with E-state index in [4.69, 9.17) is 51.8 Å². The van der Waals surface area contributed by atoms with Gasteiger partial charge in [0.25, 0.3) is 0 Å². The number of aryl methyl sites for hydroxylation is 2. The Bertz CT molecular complexity index is 802. The van der Waals surface area contributed by atoms with Crippen molar-refractivity contribution in [2.45, 2.75) is 23.8 Å². The van der Waals surface area contributed by atoms with Gasteiger partial charge in [-0.05, 0) is 50.3 Å². The zero-order valence-electron chi connectivity index (χ0n) is 15.1. The predicted octanol–water partition coefficient (Wildman–Crippen LogP) is 5.38. The molecular weight excluding hydrogens is 425 g/mol. The van der Waals surface area contributed by atoms with Crippen LogP contribution in [-0.2, 0) is 4.74 Å². The van der Waals surface area contributed by atoms with Crippen LogP contribution in [0.2, 0.25) is 0 Å². The van der Waals surface area contributed by atoms with Crippen molar-refractivity contribution in [3.05, 3.63) is 65.2 Å². The number of anilines is 1. The van der Waals surface area contributed by atoms with Gasteiger partial charge in [0.1, 0.15) is 0 Å². The Kier molecular flexibility index (Phi) is 7.74. The van der Waals surface area contributed by atoms with Crippen LogP contribution in [-0.4, -0.2) is 28.1 Å². The topological polar surface area (TPSA) is 45.6 Å². The maximum Gasteiger partial charge on any atom is 0.230 e. The van der Waals surface area contributed by atoms with Crippen LogP contribution in [0.1, 0.15) is 16.7 Å². The van der Waals surface area contributed by atoms with E-state index in [0.29, 0.717) is 5.90 Å². The first-order valence-electron chi connectivity index (χ1n) is 8.09. The molecule has 8 heteroatoms. The summed E-state index contributed by atoms with van der Waals surface area (Å²) in [5, 5.41) is 6.24. The van der Waals surface area contributed by atoms with Crippen molar-refractivity contribution in [1.82, 2.24) is 5.32 Å². The fraction of sp³-hybridized carbons (Fsp3) is 0.263. The molecule has 1 atom stereocenters. The molecule has 0 bridgehead atoms. The summed E-state index contributed by atoms with van der Waals surface area (Å²) in [6.45, 7) is 4.00. The molecule has 0 heterocycles. The van der Waals surface area contributed by atoms with Crippen LogP contribution in [0.5, 0.6) is 0 Å². The maximum absolute atomic E-state index is 6.10.